The number of hydrogen-bond donors (Lipinski definition) is 0. The molecule has 0 unspecified atom stereocenters. The molecule has 0 aliphatic rings. The molecule has 0 radical (unpaired) electrons. The van der Waals surface area contributed by atoms with Gasteiger partial charge in [-0.15, -0.1) is 0 Å². The minimum atomic E-state index is -0.451. The van der Waals surface area contributed by atoms with Gasteiger partial charge in [-0.2, -0.15) is 5.10 Å². The topological polar surface area (TPSA) is 61.2 Å². The Morgan fingerprint density at radius 2 is 1.92 bits per heavy atom. The van der Waals surface area contributed by atoms with E-state index in [0.717, 1.165) is 16.6 Å². The van der Waals surface area contributed by atoms with E-state index >= 15 is 0 Å². The standard InChI is InChI=1S/C19H26N2O3/c1-7-24-16(22)11-21-18(23)14-9-8-13(19(4,5)6)10-15(14)17(20-21)12(2)3/h8-10,12H,7,11H2,1-6H3. The van der Waals surface area contributed by atoms with Gasteiger partial charge in [-0.3, -0.25) is 9.59 Å². The Balaban J connectivity index is 2.68. The van der Waals surface area contributed by atoms with Gasteiger partial charge in [0.25, 0.3) is 5.56 Å². The number of nitrogens with zero attached hydrogens (tertiary/aromatic N) is 2. The highest BCUT2D eigenvalue weighted by Crippen LogP contribution is 2.28. The van der Waals surface area contributed by atoms with Gasteiger partial charge in [0.05, 0.1) is 17.7 Å². The van der Waals surface area contributed by atoms with E-state index in [2.05, 4.69) is 25.9 Å². The second kappa shape index (κ2) is 6.75. The van der Waals surface area contributed by atoms with Crippen molar-refractivity contribution in [2.75, 3.05) is 6.61 Å². The minimum Gasteiger partial charge on any atom is -0.465 e. The molecule has 0 spiro atoms. The van der Waals surface area contributed by atoms with E-state index in [0.29, 0.717) is 5.39 Å². The third-order valence-corrected chi connectivity index (χ3v) is 3.99. The number of ether oxygens (including phenoxy) is 1. The lowest BCUT2D eigenvalue weighted by molar-refractivity contribution is -0.144. The fourth-order valence-corrected chi connectivity index (χ4v) is 2.64. The number of carbonyl (C=O) groups excluding carboxylic acids is 1. The highest BCUT2D eigenvalue weighted by Gasteiger charge is 2.19. The summed E-state index contributed by atoms with van der Waals surface area (Å²) in [7, 11) is 0. The number of hydrogen-bond acceptors (Lipinski definition) is 4. The summed E-state index contributed by atoms with van der Waals surface area (Å²) in [5.74, 6) is -0.316. The van der Waals surface area contributed by atoms with Gasteiger partial charge in [-0.1, -0.05) is 40.7 Å². The Kier molecular flexibility index (Phi) is 5.11. The van der Waals surface area contributed by atoms with Crippen molar-refractivity contribution in [2.45, 2.75) is 59.4 Å². The maximum Gasteiger partial charge on any atom is 0.327 e. The minimum absolute atomic E-state index is 0.0117. The Labute approximate surface area is 142 Å². The van der Waals surface area contributed by atoms with E-state index in [9.17, 15) is 9.59 Å². The van der Waals surface area contributed by atoms with Crippen LogP contribution in [0, 0.1) is 0 Å². The zero-order valence-electron chi connectivity index (χ0n) is 15.3. The summed E-state index contributed by atoms with van der Waals surface area (Å²) in [5.41, 5.74) is 1.70. The SMILES string of the molecule is CCOC(=O)Cn1nc(C(C)C)c2cc(C(C)(C)C)ccc2c1=O. The number of fused-ring (bicyclic) bond motifs is 1. The molecule has 0 saturated carbocycles. The summed E-state index contributed by atoms with van der Waals surface area (Å²) in [6.45, 7) is 12.3. The molecule has 0 aliphatic heterocycles. The Morgan fingerprint density at radius 1 is 1.25 bits per heavy atom. The van der Waals surface area contributed by atoms with Crippen LogP contribution in [0.3, 0.4) is 0 Å². The molecule has 5 nitrogen and oxygen atoms in total. The number of aromatic nitrogens is 2. The fourth-order valence-electron chi connectivity index (χ4n) is 2.64. The van der Waals surface area contributed by atoms with Gasteiger partial charge in [0, 0.05) is 5.39 Å². The molecule has 0 aliphatic carbocycles. The number of benzene rings is 1. The summed E-state index contributed by atoms with van der Waals surface area (Å²) < 4.78 is 6.15. The molecular weight excluding hydrogens is 304 g/mol. The first kappa shape index (κ1) is 18.2. The Hall–Kier alpha value is -2.17. The van der Waals surface area contributed by atoms with Crippen LogP contribution in [0.25, 0.3) is 10.8 Å². The molecule has 0 atom stereocenters. The molecule has 1 heterocycles. The lowest BCUT2D eigenvalue weighted by Crippen LogP contribution is -2.29. The van der Waals surface area contributed by atoms with Gasteiger partial charge in [0.15, 0.2) is 0 Å². The van der Waals surface area contributed by atoms with Crippen LogP contribution in [0.1, 0.15) is 58.7 Å². The Morgan fingerprint density at radius 3 is 2.46 bits per heavy atom. The van der Waals surface area contributed by atoms with Crippen molar-refractivity contribution >= 4 is 16.7 Å². The monoisotopic (exact) mass is 330 g/mol. The molecule has 130 valence electrons. The molecule has 0 N–H and O–H groups in total. The number of esters is 1. The van der Waals surface area contributed by atoms with E-state index in [-0.39, 0.29) is 30.0 Å². The van der Waals surface area contributed by atoms with Gasteiger partial charge < -0.3 is 4.74 Å². The summed E-state index contributed by atoms with van der Waals surface area (Å²) in [6.07, 6.45) is 0. The molecule has 24 heavy (non-hydrogen) atoms. The number of rotatable bonds is 4. The second-order valence-electron chi connectivity index (χ2n) is 7.32. The van der Waals surface area contributed by atoms with Crippen molar-refractivity contribution < 1.29 is 9.53 Å². The molecule has 0 bridgehead atoms. The third-order valence-electron chi connectivity index (χ3n) is 3.99. The molecule has 0 fully saturated rings. The first-order valence-corrected chi connectivity index (χ1v) is 8.36. The van der Waals surface area contributed by atoms with Gasteiger partial charge in [-0.05, 0) is 36.0 Å². The van der Waals surface area contributed by atoms with Crippen LogP contribution < -0.4 is 5.56 Å². The van der Waals surface area contributed by atoms with Crippen molar-refractivity contribution in [2.24, 2.45) is 0 Å². The summed E-state index contributed by atoms with van der Waals surface area (Å²) in [6, 6.07) is 5.86. The quantitative estimate of drug-likeness (QED) is 0.806. The van der Waals surface area contributed by atoms with E-state index in [4.69, 9.17) is 4.74 Å². The van der Waals surface area contributed by atoms with Crippen LogP contribution >= 0.6 is 0 Å². The third kappa shape index (κ3) is 3.66. The second-order valence-corrected chi connectivity index (χ2v) is 7.32. The molecule has 1 aromatic carbocycles. The maximum absolute atomic E-state index is 12.7. The van der Waals surface area contributed by atoms with Crippen LogP contribution in [-0.4, -0.2) is 22.4 Å². The van der Waals surface area contributed by atoms with Crippen molar-refractivity contribution in [1.82, 2.24) is 9.78 Å². The number of carbonyl (C=O) groups is 1. The molecule has 0 saturated heterocycles. The van der Waals surface area contributed by atoms with Crippen molar-refractivity contribution in [3.63, 3.8) is 0 Å². The van der Waals surface area contributed by atoms with Crippen LogP contribution in [0.2, 0.25) is 0 Å². The van der Waals surface area contributed by atoms with Gasteiger partial charge >= 0.3 is 5.97 Å². The molecule has 2 rings (SSSR count). The van der Waals surface area contributed by atoms with E-state index in [1.54, 1.807) is 6.92 Å². The van der Waals surface area contributed by atoms with Crippen molar-refractivity contribution in [3.05, 3.63) is 39.8 Å². The van der Waals surface area contributed by atoms with E-state index < -0.39 is 5.97 Å². The van der Waals surface area contributed by atoms with Crippen molar-refractivity contribution in [3.8, 4) is 0 Å². The highest BCUT2D eigenvalue weighted by atomic mass is 16.5. The van der Waals surface area contributed by atoms with Crippen molar-refractivity contribution in [1.29, 1.82) is 0 Å². The van der Waals surface area contributed by atoms with Crippen LogP contribution in [0.15, 0.2) is 23.0 Å². The van der Waals surface area contributed by atoms with Crippen LogP contribution in [0.5, 0.6) is 0 Å². The molecule has 0 amide bonds. The lowest BCUT2D eigenvalue weighted by Gasteiger charge is -2.21. The zero-order chi connectivity index (χ0) is 18.1. The average Bonchev–Trinajstić information content (AvgIpc) is 2.48. The van der Waals surface area contributed by atoms with Crippen LogP contribution in [-0.2, 0) is 21.5 Å². The summed E-state index contributed by atoms with van der Waals surface area (Å²) in [5, 5.41) is 5.90. The Bertz CT molecular complexity index is 814. The molecular formula is C19H26N2O3. The largest absolute Gasteiger partial charge is 0.465 e. The lowest BCUT2D eigenvalue weighted by atomic mass is 9.85. The molecule has 1 aromatic heterocycles. The predicted molar refractivity (Wildman–Crippen MR) is 95.4 cm³/mol. The summed E-state index contributed by atoms with van der Waals surface area (Å²) >= 11 is 0. The van der Waals surface area contributed by atoms with E-state index in [1.165, 1.54) is 4.68 Å². The first-order chi connectivity index (χ1) is 11.1. The zero-order valence-corrected chi connectivity index (χ0v) is 15.3. The van der Waals surface area contributed by atoms with Gasteiger partial charge in [0.2, 0.25) is 0 Å². The van der Waals surface area contributed by atoms with E-state index in [1.807, 2.05) is 32.0 Å². The smallest absolute Gasteiger partial charge is 0.327 e. The predicted octanol–water partition coefficient (Wildman–Crippen LogP) is 3.38. The normalized spacial score (nSPS) is 12.0. The highest BCUT2D eigenvalue weighted by molar-refractivity contribution is 5.85. The molecule has 5 heteroatoms. The fraction of sp³-hybridized carbons (Fsp3) is 0.526. The average molecular weight is 330 g/mol. The van der Waals surface area contributed by atoms with Gasteiger partial charge in [0.1, 0.15) is 6.54 Å². The van der Waals surface area contributed by atoms with Crippen LogP contribution in [0.4, 0.5) is 0 Å². The maximum atomic E-state index is 12.7. The van der Waals surface area contributed by atoms with Gasteiger partial charge in [-0.25, -0.2) is 4.68 Å². The molecule has 2 aromatic rings. The first-order valence-electron chi connectivity index (χ1n) is 8.36. The summed E-state index contributed by atoms with van der Waals surface area (Å²) in [4.78, 5) is 24.4.